The van der Waals surface area contributed by atoms with E-state index >= 15 is 0 Å². The second-order valence-corrected chi connectivity index (χ2v) is 7.69. The Morgan fingerprint density at radius 1 is 1.19 bits per heavy atom. The van der Waals surface area contributed by atoms with Crippen LogP contribution in [0.2, 0.25) is 0 Å². The van der Waals surface area contributed by atoms with Crippen LogP contribution in [0.5, 0.6) is 0 Å². The van der Waals surface area contributed by atoms with Crippen molar-refractivity contribution in [2.45, 2.75) is 32.2 Å². The molecule has 0 radical (unpaired) electrons. The molecule has 1 amide bonds. The summed E-state index contributed by atoms with van der Waals surface area (Å²) >= 11 is 0. The molecular weight excluding hydrogens is 427 g/mol. The number of nitrogens with one attached hydrogen (secondary N) is 1. The van der Waals surface area contributed by atoms with Gasteiger partial charge in [-0.1, -0.05) is 24.3 Å². The smallest absolute Gasteiger partial charge is 0.380 e. The van der Waals surface area contributed by atoms with E-state index in [-0.39, 0.29) is 17.5 Å². The van der Waals surface area contributed by atoms with Crippen LogP contribution < -0.4 is 10.2 Å². The van der Waals surface area contributed by atoms with Crippen molar-refractivity contribution in [1.82, 2.24) is 5.32 Å². The van der Waals surface area contributed by atoms with Gasteiger partial charge in [-0.3, -0.25) is 14.9 Å². The molecule has 0 aromatic heterocycles. The lowest BCUT2D eigenvalue weighted by Gasteiger charge is -2.32. The third-order valence-electron chi connectivity index (χ3n) is 5.48. The normalized spacial score (nSPS) is 14.9. The number of piperidine rings is 1. The molecule has 3 rings (SSSR count). The summed E-state index contributed by atoms with van der Waals surface area (Å²) in [6.45, 7) is 1.54. The van der Waals surface area contributed by atoms with Gasteiger partial charge in [-0.2, -0.15) is 13.2 Å². The molecule has 32 heavy (non-hydrogen) atoms. The van der Waals surface area contributed by atoms with E-state index in [9.17, 15) is 28.1 Å². The van der Waals surface area contributed by atoms with E-state index < -0.39 is 22.4 Å². The number of nitro benzene ring substituents is 1. The number of benzene rings is 2. The molecule has 1 saturated heterocycles. The average molecular weight is 451 g/mol. The molecule has 1 aliphatic rings. The van der Waals surface area contributed by atoms with Crippen LogP contribution in [-0.4, -0.2) is 31.0 Å². The fraction of sp³-hybridized carbons (Fsp3) is 0.409. The van der Waals surface area contributed by atoms with Gasteiger partial charge in [0.25, 0.3) is 5.69 Å². The Labute approximate surface area is 183 Å². The Morgan fingerprint density at radius 2 is 1.88 bits per heavy atom. The number of rotatable bonds is 7. The number of hydrogen-bond donors (Lipinski definition) is 1. The van der Waals surface area contributed by atoms with Crippen LogP contribution in [-0.2, 0) is 28.9 Å². The number of hydrogen-bond acceptors (Lipinski definition) is 5. The minimum absolute atomic E-state index is 0.108. The zero-order chi connectivity index (χ0) is 23.3. The Bertz CT molecular complexity index is 973. The van der Waals surface area contributed by atoms with Gasteiger partial charge < -0.3 is 15.0 Å². The molecule has 1 aliphatic heterocycles. The number of carbonyl (C=O) groups excluding carboxylic acids is 1. The van der Waals surface area contributed by atoms with Crippen molar-refractivity contribution < 1.29 is 27.6 Å². The van der Waals surface area contributed by atoms with E-state index in [1.807, 2.05) is 24.3 Å². The molecule has 172 valence electrons. The summed E-state index contributed by atoms with van der Waals surface area (Å²) in [5, 5.41) is 14.3. The Morgan fingerprint density at radius 3 is 2.50 bits per heavy atom. The second-order valence-electron chi connectivity index (χ2n) is 7.69. The van der Waals surface area contributed by atoms with Crippen molar-refractivity contribution in [2.75, 3.05) is 25.1 Å². The molecule has 1 N–H and O–H groups in total. The largest absolute Gasteiger partial charge is 0.416 e. The summed E-state index contributed by atoms with van der Waals surface area (Å²) in [6, 6.07) is 10.2. The van der Waals surface area contributed by atoms with E-state index in [1.165, 1.54) is 0 Å². The lowest BCUT2D eigenvalue weighted by atomic mass is 9.95. The summed E-state index contributed by atoms with van der Waals surface area (Å²) in [5.74, 6) is -0.370. The topological polar surface area (TPSA) is 84.7 Å². The fourth-order valence-corrected chi connectivity index (χ4v) is 3.83. The number of carbonyl (C=O) groups is 1. The number of nitrogens with zero attached hydrogens (tertiary/aromatic N) is 2. The number of nitro groups is 1. The first-order valence-corrected chi connectivity index (χ1v) is 10.1. The van der Waals surface area contributed by atoms with Crippen LogP contribution in [0, 0.1) is 16.0 Å². The predicted octanol–water partition coefficient (Wildman–Crippen LogP) is 4.29. The summed E-state index contributed by atoms with van der Waals surface area (Å²) in [5.41, 5.74) is 0.448. The van der Waals surface area contributed by atoms with Crippen LogP contribution >= 0.6 is 0 Å². The highest BCUT2D eigenvalue weighted by atomic mass is 19.4. The SMILES string of the molecule is COCc1cccc(CNC(=O)C2CCN(c3ccc(C(F)(F)F)cc3[N+](=O)[O-])CC2)c1. The maximum absolute atomic E-state index is 12.9. The third-order valence-corrected chi connectivity index (χ3v) is 5.48. The molecule has 2 aromatic carbocycles. The molecule has 0 unspecified atom stereocenters. The number of alkyl halides is 3. The lowest BCUT2D eigenvalue weighted by molar-refractivity contribution is -0.384. The lowest BCUT2D eigenvalue weighted by Crippen LogP contribution is -2.40. The number of halogens is 3. The molecule has 0 bridgehead atoms. The van der Waals surface area contributed by atoms with Gasteiger partial charge in [0.15, 0.2) is 0 Å². The maximum atomic E-state index is 12.9. The van der Waals surface area contributed by atoms with Crippen LogP contribution in [0.3, 0.4) is 0 Å². The van der Waals surface area contributed by atoms with E-state index in [4.69, 9.17) is 4.74 Å². The van der Waals surface area contributed by atoms with Gasteiger partial charge in [-0.05, 0) is 36.1 Å². The Kier molecular flexibility index (Phi) is 7.34. The first-order chi connectivity index (χ1) is 15.2. The maximum Gasteiger partial charge on any atom is 0.416 e. The molecule has 7 nitrogen and oxygen atoms in total. The molecule has 10 heteroatoms. The molecule has 1 heterocycles. The summed E-state index contributed by atoms with van der Waals surface area (Å²) in [4.78, 5) is 24.8. The van der Waals surface area contributed by atoms with Crippen molar-refractivity contribution in [3.8, 4) is 0 Å². The highest BCUT2D eigenvalue weighted by molar-refractivity contribution is 5.79. The quantitative estimate of drug-likeness (QED) is 0.501. The first-order valence-electron chi connectivity index (χ1n) is 10.1. The van der Waals surface area contributed by atoms with Gasteiger partial charge in [0.05, 0.1) is 17.1 Å². The van der Waals surface area contributed by atoms with E-state index in [0.29, 0.717) is 45.1 Å². The zero-order valence-electron chi connectivity index (χ0n) is 17.5. The Balaban J connectivity index is 1.59. The standard InChI is InChI=1S/C22H24F3N3O4/c1-32-14-16-4-2-3-15(11-16)13-26-21(29)17-7-9-27(10-8-17)19-6-5-18(22(23,24)25)12-20(19)28(30)31/h2-6,11-12,17H,7-10,13-14H2,1H3,(H,26,29). The van der Waals surface area contributed by atoms with Crippen LogP contribution in [0.4, 0.5) is 24.5 Å². The van der Waals surface area contributed by atoms with Crippen molar-refractivity contribution in [2.24, 2.45) is 5.92 Å². The van der Waals surface area contributed by atoms with Gasteiger partial charge in [-0.15, -0.1) is 0 Å². The minimum atomic E-state index is -4.66. The number of ether oxygens (including phenoxy) is 1. The molecule has 0 aliphatic carbocycles. The predicted molar refractivity (Wildman–Crippen MR) is 112 cm³/mol. The highest BCUT2D eigenvalue weighted by Gasteiger charge is 2.34. The van der Waals surface area contributed by atoms with E-state index in [0.717, 1.165) is 23.3 Å². The van der Waals surface area contributed by atoms with Crippen molar-refractivity contribution in [3.63, 3.8) is 0 Å². The van der Waals surface area contributed by atoms with E-state index in [1.54, 1.807) is 12.0 Å². The van der Waals surface area contributed by atoms with Gasteiger partial charge in [0.2, 0.25) is 5.91 Å². The van der Waals surface area contributed by atoms with Crippen molar-refractivity contribution >= 4 is 17.3 Å². The van der Waals surface area contributed by atoms with Crippen molar-refractivity contribution in [3.05, 3.63) is 69.3 Å². The van der Waals surface area contributed by atoms with Crippen LogP contribution in [0.15, 0.2) is 42.5 Å². The summed E-state index contributed by atoms with van der Waals surface area (Å²) in [6.07, 6.45) is -3.75. The molecular formula is C22H24F3N3O4. The van der Waals surface area contributed by atoms with Crippen LogP contribution in [0.1, 0.15) is 29.5 Å². The van der Waals surface area contributed by atoms with Gasteiger partial charge >= 0.3 is 6.18 Å². The van der Waals surface area contributed by atoms with Gasteiger partial charge in [0.1, 0.15) is 5.69 Å². The highest BCUT2D eigenvalue weighted by Crippen LogP contribution is 2.37. The number of methoxy groups -OCH3 is 1. The molecule has 2 aromatic rings. The number of amides is 1. The molecule has 0 saturated carbocycles. The van der Waals surface area contributed by atoms with Crippen molar-refractivity contribution in [1.29, 1.82) is 0 Å². The molecule has 0 atom stereocenters. The van der Waals surface area contributed by atoms with Gasteiger partial charge in [0, 0.05) is 38.7 Å². The third kappa shape index (κ3) is 5.76. The molecule has 0 spiro atoms. The number of anilines is 1. The monoisotopic (exact) mass is 451 g/mol. The summed E-state index contributed by atoms with van der Waals surface area (Å²) in [7, 11) is 1.61. The molecule has 1 fully saturated rings. The summed E-state index contributed by atoms with van der Waals surface area (Å²) < 4.78 is 43.8. The Hall–Kier alpha value is -3.14. The van der Waals surface area contributed by atoms with E-state index in [2.05, 4.69) is 5.32 Å². The zero-order valence-corrected chi connectivity index (χ0v) is 17.5. The first kappa shape index (κ1) is 23.5. The minimum Gasteiger partial charge on any atom is -0.380 e. The van der Waals surface area contributed by atoms with Gasteiger partial charge in [-0.25, -0.2) is 0 Å². The van der Waals surface area contributed by atoms with Crippen LogP contribution in [0.25, 0.3) is 0 Å². The fourth-order valence-electron chi connectivity index (χ4n) is 3.83. The average Bonchev–Trinajstić information content (AvgIpc) is 2.77. The second kappa shape index (κ2) is 9.99.